The Morgan fingerprint density at radius 3 is 2.40 bits per heavy atom. The van der Waals surface area contributed by atoms with E-state index in [4.69, 9.17) is 4.74 Å². The Kier molecular flexibility index (Phi) is 4.45. The lowest BCUT2D eigenvalue weighted by Gasteiger charge is -2.11. The molecule has 20 heavy (non-hydrogen) atoms. The minimum Gasteiger partial charge on any atom is -0.454 e. The van der Waals surface area contributed by atoms with Crippen molar-refractivity contribution in [3.8, 4) is 11.1 Å². The molecule has 0 aliphatic rings. The molecule has 0 saturated carbocycles. The van der Waals surface area contributed by atoms with Crippen LogP contribution in [-0.2, 0) is 14.3 Å². The number of aldehydes is 1. The van der Waals surface area contributed by atoms with E-state index in [9.17, 15) is 9.59 Å². The summed E-state index contributed by atoms with van der Waals surface area (Å²) in [6, 6.07) is 17.2. The van der Waals surface area contributed by atoms with E-state index in [1.54, 1.807) is 0 Å². The van der Waals surface area contributed by atoms with Gasteiger partial charge in [0.05, 0.1) is 5.57 Å². The molecule has 2 aromatic rings. The van der Waals surface area contributed by atoms with Crippen molar-refractivity contribution >= 4 is 17.8 Å². The SMILES string of the molecule is C=C(C(=O)OCC=O)c1ccccc1-c1ccccc1. The summed E-state index contributed by atoms with van der Waals surface area (Å²) in [6.07, 6.45) is 0.536. The highest BCUT2D eigenvalue weighted by Gasteiger charge is 2.14. The second-order valence-corrected chi connectivity index (χ2v) is 4.16. The molecule has 0 N–H and O–H groups in total. The van der Waals surface area contributed by atoms with E-state index < -0.39 is 5.97 Å². The van der Waals surface area contributed by atoms with Gasteiger partial charge in [-0.1, -0.05) is 61.2 Å². The standard InChI is InChI=1S/C17H14O3/c1-13(17(19)20-12-11-18)15-9-5-6-10-16(15)14-7-3-2-4-8-14/h2-11H,1,12H2. The fourth-order valence-corrected chi connectivity index (χ4v) is 1.92. The lowest BCUT2D eigenvalue weighted by Crippen LogP contribution is -2.08. The van der Waals surface area contributed by atoms with Gasteiger partial charge in [0.1, 0.15) is 6.61 Å². The molecule has 3 heteroatoms. The zero-order valence-corrected chi connectivity index (χ0v) is 10.9. The number of carbonyl (C=O) groups excluding carboxylic acids is 2. The van der Waals surface area contributed by atoms with E-state index in [0.29, 0.717) is 11.8 Å². The van der Waals surface area contributed by atoms with E-state index in [-0.39, 0.29) is 12.2 Å². The highest BCUT2D eigenvalue weighted by atomic mass is 16.5. The van der Waals surface area contributed by atoms with E-state index in [2.05, 4.69) is 6.58 Å². The van der Waals surface area contributed by atoms with Gasteiger partial charge in [0.15, 0.2) is 6.29 Å². The first-order chi connectivity index (χ1) is 9.74. The lowest BCUT2D eigenvalue weighted by molar-refractivity contribution is -0.139. The van der Waals surface area contributed by atoms with Gasteiger partial charge in [-0.2, -0.15) is 0 Å². The second-order valence-electron chi connectivity index (χ2n) is 4.16. The number of ether oxygens (including phenoxy) is 1. The first kappa shape index (κ1) is 13.7. The summed E-state index contributed by atoms with van der Waals surface area (Å²) in [6.45, 7) is 3.51. The summed E-state index contributed by atoms with van der Waals surface area (Å²) in [5.74, 6) is -0.583. The smallest absolute Gasteiger partial charge is 0.338 e. The number of hydrogen-bond donors (Lipinski definition) is 0. The van der Waals surface area contributed by atoms with E-state index >= 15 is 0 Å². The van der Waals surface area contributed by atoms with Crippen molar-refractivity contribution in [3.63, 3.8) is 0 Å². The van der Waals surface area contributed by atoms with Crippen molar-refractivity contribution in [3.05, 3.63) is 66.7 Å². The molecule has 0 spiro atoms. The highest BCUT2D eigenvalue weighted by Crippen LogP contribution is 2.28. The Balaban J connectivity index is 2.36. The Labute approximate surface area is 117 Å². The van der Waals surface area contributed by atoms with Crippen LogP contribution in [0, 0.1) is 0 Å². The quantitative estimate of drug-likeness (QED) is 0.474. The van der Waals surface area contributed by atoms with Crippen LogP contribution in [0.25, 0.3) is 16.7 Å². The van der Waals surface area contributed by atoms with Crippen molar-refractivity contribution in [2.75, 3.05) is 6.61 Å². The van der Waals surface area contributed by atoms with Crippen LogP contribution in [0.3, 0.4) is 0 Å². The average Bonchev–Trinajstić information content (AvgIpc) is 2.52. The topological polar surface area (TPSA) is 43.4 Å². The van der Waals surface area contributed by atoms with E-state index in [0.717, 1.165) is 11.1 Å². The highest BCUT2D eigenvalue weighted by molar-refractivity contribution is 6.17. The number of esters is 1. The minimum atomic E-state index is -0.583. The lowest BCUT2D eigenvalue weighted by atomic mass is 9.95. The predicted octanol–water partition coefficient (Wildman–Crippen LogP) is 3.11. The van der Waals surface area contributed by atoms with Gasteiger partial charge < -0.3 is 4.74 Å². The molecule has 2 rings (SSSR count). The fourth-order valence-electron chi connectivity index (χ4n) is 1.92. The third kappa shape index (κ3) is 3.01. The summed E-state index contributed by atoms with van der Waals surface area (Å²) < 4.78 is 4.79. The van der Waals surface area contributed by atoms with Crippen LogP contribution in [0.15, 0.2) is 61.2 Å². The van der Waals surface area contributed by atoms with Crippen LogP contribution in [0.4, 0.5) is 0 Å². The molecule has 0 saturated heterocycles. The molecular formula is C17H14O3. The molecular weight excluding hydrogens is 252 g/mol. The predicted molar refractivity (Wildman–Crippen MR) is 77.9 cm³/mol. The number of hydrogen-bond acceptors (Lipinski definition) is 3. The molecule has 0 amide bonds. The molecule has 0 aliphatic heterocycles. The normalized spacial score (nSPS) is 9.80. The molecule has 0 aliphatic carbocycles. The van der Waals surface area contributed by atoms with E-state index in [1.807, 2.05) is 54.6 Å². The maximum atomic E-state index is 11.8. The van der Waals surface area contributed by atoms with Gasteiger partial charge in [0.25, 0.3) is 0 Å². The van der Waals surface area contributed by atoms with Gasteiger partial charge >= 0.3 is 5.97 Å². The number of carbonyl (C=O) groups is 2. The first-order valence-corrected chi connectivity index (χ1v) is 6.18. The summed E-state index contributed by atoms with van der Waals surface area (Å²) >= 11 is 0. The summed E-state index contributed by atoms with van der Waals surface area (Å²) in [5, 5.41) is 0. The van der Waals surface area contributed by atoms with Gasteiger partial charge in [-0.3, -0.25) is 4.79 Å². The van der Waals surface area contributed by atoms with Gasteiger partial charge in [-0.05, 0) is 16.7 Å². The fraction of sp³-hybridized carbons (Fsp3) is 0.0588. The third-order valence-electron chi connectivity index (χ3n) is 2.87. The molecule has 0 atom stereocenters. The second kappa shape index (κ2) is 6.48. The Bertz CT molecular complexity index is 630. The van der Waals surface area contributed by atoms with Crippen molar-refractivity contribution in [1.29, 1.82) is 0 Å². The third-order valence-corrected chi connectivity index (χ3v) is 2.87. The summed E-state index contributed by atoms with van der Waals surface area (Å²) in [5.41, 5.74) is 2.84. The maximum absolute atomic E-state index is 11.8. The van der Waals surface area contributed by atoms with Crippen LogP contribution in [0.2, 0.25) is 0 Å². The van der Waals surface area contributed by atoms with Crippen molar-refractivity contribution < 1.29 is 14.3 Å². The molecule has 2 aromatic carbocycles. The molecule has 100 valence electrons. The minimum absolute atomic E-state index is 0.242. The maximum Gasteiger partial charge on any atom is 0.338 e. The monoisotopic (exact) mass is 266 g/mol. The van der Waals surface area contributed by atoms with Crippen LogP contribution in [-0.4, -0.2) is 18.9 Å². The van der Waals surface area contributed by atoms with Gasteiger partial charge in [0.2, 0.25) is 0 Å². The van der Waals surface area contributed by atoms with Crippen LogP contribution in [0.5, 0.6) is 0 Å². The largest absolute Gasteiger partial charge is 0.454 e. The van der Waals surface area contributed by atoms with E-state index in [1.165, 1.54) is 0 Å². The first-order valence-electron chi connectivity index (χ1n) is 6.18. The molecule has 0 aromatic heterocycles. The molecule has 0 heterocycles. The Morgan fingerprint density at radius 1 is 1.05 bits per heavy atom. The molecule has 0 bridgehead atoms. The number of benzene rings is 2. The van der Waals surface area contributed by atoms with Gasteiger partial charge in [0, 0.05) is 0 Å². The molecule has 3 nitrogen and oxygen atoms in total. The zero-order valence-electron chi connectivity index (χ0n) is 10.9. The molecule has 0 unspecified atom stereocenters. The van der Waals surface area contributed by atoms with Crippen molar-refractivity contribution in [2.45, 2.75) is 0 Å². The zero-order chi connectivity index (χ0) is 14.4. The molecule has 0 radical (unpaired) electrons. The van der Waals surface area contributed by atoms with Crippen molar-refractivity contribution in [1.82, 2.24) is 0 Å². The van der Waals surface area contributed by atoms with Gasteiger partial charge in [-0.25, -0.2) is 4.79 Å². The van der Waals surface area contributed by atoms with Gasteiger partial charge in [-0.15, -0.1) is 0 Å². The van der Waals surface area contributed by atoms with Crippen LogP contribution < -0.4 is 0 Å². The van der Waals surface area contributed by atoms with Crippen LogP contribution in [0.1, 0.15) is 5.56 Å². The van der Waals surface area contributed by atoms with Crippen molar-refractivity contribution in [2.24, 2.45) is 0 Å². The summed E-state index contributed by atoms with van der Waals surface area (Å²) in [7, 11) is 0. The Morgan fingerprint density at radius 2 is 1.70 bits per heavy atom. The summed E-state index contributed by atoms with van der Waals surface area (Å²) in [4.78, 5) is 22.1. The number of rotatable bonds is 5. The van der Waals surface area contributed by atoms with Crippen LogP contribution >= 0.6 is 0 Å². The molecule has 0 fully saturated rings. The Hall–Kier alpha value is -2.68. The average molecular weight is 266 g/mol.